The first-order chi connectivity index (χ1) is 6.72. The highest BCUT2D eigenvalue weighted by Crippen LogP contribution is 2.43. The Bertz CT molecular complexity index is 283. The Morgan fingerprint density at radius 2 is 1.93 bits per heavy atom. The van der Waals surface area contributed by atoms with Crippen LogP contribution >= 0.6 is 0 Å². The van der Waals surface area contributed by atoms with Crippen molar-refractivity contribution in [3.63, 3.8) is 0 Å². The molecule has 0 aromatic rings. The highest BCUT2D eigenvalue weighted by Gasteiger charge is 2.40. The molecule has 86 valence electrons. The van der Waals surface area contributed by atoms with Gasteiger partial charge in [0.05, 0.1) is 0 Å². The molecule has 1 aliphatic rings. The van der Waals surface area contributed by atoms with Gasteiger partial charge in [-0.2, -0.15) is 0 Å². The maximum absolute atomic E-state index is 11.6. The molecule has 1 aliphatic carbocycles. The van der Waals surface area contributed by atoms with Crippen molar-refractivity contribution in [1.29, 1.82) is 0 Å². The van der Waals surface area contributed by atoms with E-state index in [0.717, 1.165) is 6.42 Å². The number of amides is 1. The first-order valence-corrected chi connectivity index (χ1v) is 5.49. The molecule has 1 rings (SSSR count). The summed E-state index contributed by atoms with van der Waals surface area (Å²) in [6.45, 7) is 8.45. The summed E-state index contributed by atoms with van der Waals surface area (Å²) in [7, 11) is 0. The Labute approximate surface area is 91.6 Å². The van der Waals surface area contributed by atoms with Gasteiger partial charge in [-0.05, 0) is 17.3 Å². The second-order valence-electron chi connectivity index (χ2n) is 5.95. The second-order valence-corrected chi connectivity index (χ2v) is 5.95. The van der Waals surface area contributed by atoms with Crippen LogP contribution in [0.4, 0.5) is 0 Å². The van der Waals surface area contributed by atoms with Crippen LogP contribution < -0.4 is 5.32 Å². The summed E-state index contributed by atoms with van der Waals surface area (Å²) in [5, 5.41) is 2.82. The van der Waals surface area contributed by atoms with Gasteiger partial charge in [0, 0.05) is 26.3 Å². The van der Waals surface area contributed by atoms with Crippen LogP contribution in [0, 0.1) is 10.8 Å². The van der Waals surface area contributed by atoms with Crippen LogP contribution in [0.5, 0.6) is 0 Å². The number of hydrogen-bond donors (Lipinski definition) is 1. The molecular weight excluding hydrogens is 190 g/mol. The molecule has 15 heavy (non-hydrogen) atoms. The van der Waals surface area contributed by atoms with Gasteiger partial charge in [0.15, 0.2) is 0 Å². The minimum atomic E-state index is -0.0650. The summed E-state index contributed by atoms with van der Waals surface area (Å²) in [6.07, 6.45) is 2.26. The van der Waals surface area contributed by atoms with E-state index in [2.05, 4.69) is 26.1 Å². The standard InChI is InChI=1S/C12H21NO2/c1-9(14)13-8-12(4)6-10(15)5-11(2,3)7-12/h5-8H2,1-4H3,(H,13,14). The molecule has 0 spiro atoms. The van der Waals surface area contributed by atoms with E-state index in [4.69, 9.17) is 0 Å². The summed E-state index contributed by atoms with van der Waals surface area (Å²) in [4.78, 5) is 22.5. The van der Waals surface area contributed by atoms with Crippen LogP contribution in [0.1, 0.15) is 47.0 Å². The molecule has 0 bridgehead atoms. The zero-order valence-corrected chi connectivity index (χ0v) is 10.1. The summed E-state index contributed by atoms with van der Waals surface area (Å²) in [5.74, 6) is 0.297. The molecule has 0 aromatic heterocycles. The maximum Gasteiger partial charge on any atom is 0.216 e. The fourth-order valence-corrected chi connectivity index (χ4v) is 2.82. The first kappa shape index (κ1) is 12.2. The van der Waals surface area contributed by atoms with E-state index in [1.165, 1.54) is 6.92 Å². The normalized spacial score (nSPS) is 30.0. The zero-order chi connectivity index (χ0) is 11.7. The van der Waals surface area contributed by atoms with E-state index >= 15 is 0 Å². The van der Waals surface area contributed by atoms with Gasteiger partial charge in [-0.1, -0.05) is 20.8 Å². The largest absolute Gasteiger partial charge is 0.356 e. The minimum absolute atomic E-state index is 0.0212. The lowest BCUT2D eigenvalue weighted by molar-refractivity contribution is -0.129. The van der Waals surface area contributed by atoms with Crippen molar-refractivity contribution in [2.45, 2.75) is 47.0 Å². The van der Waals surface area contributed by atoms with Crippen LogP contribution in [0.25, 0.3) is 0 Å². The fraction of sp³-hybridized carbons (Fsp3) is 0.833. The number of carbonyl (C=O) groups is 2. The predicted molar refractivity (Wildman–Crippen MR) is 59.4 cm³/mol. The van der Waals surface area contributed by atoms with Gasteiger partial charge >= 0.3 is 0 Å². The fourth-order valence-electron chi connectivity index (χ4n) is 2.82. The molecule has 1 saturated carbocycles. The molecule has 1 N–H and O–H groups in total. The van der Waals surface area contributed by atoms with Crippen LogP contribution in [0.15, 0.2) is 0 Å². The quantitative estimate of drug-likeness (QED) is 0.758. The van der Waals surface area contributed by atoms with Crippen molar-refractivity contribution in [2.75, 3.05) is 6.54 Å². The SMILES string of the molecule is CC(=O)NCC1(C)CC(=O)CC(C)(C)C1. The number of carbonyl (C=O) groups excluding carboxylic acids is 2. The van der Waals surface area contributed by atoms with Crippen molar-refractivity contribution in [3.05, 3.63) is 0 Å². The lowest BCUT2D eigenvalue weighted by Gasteiger charge is -2.41. The first-order valence-electron chi connectivity index (χ1n) is 5.49. The van der Waals surface area contributed by atoms with Gasteiger partial charge in [0.1, 0.15) is 5.78 Å². The van der Waals surface area contributed by atoms with Gasteiger partial charge in [0.25, 0.3) is 0 Å². The monoisotopic (exact) mass is 211 g/mol. The van der Waals surface area contributed by atoms with Crippen molar-refractivity contribution < 1.29 is 9.59 Å². The zero-order valence-electron chi connectivity index (χ0n) is 10.1. The lowest BCUT2D eigenvalue weighted by atomic mass is 9.64. The average molecular weight is 211 g/mol. The molecule has 0 aromatic carbocycles. The van der Waals surface area contributed by atoms with Crippen LogP contribution in [0.2, 0.25) is 0 Å². The summed E-state index contributed by atoms with van der Waals surface area (Å²) in [5.41, 5.74) is 0.00700. The summed E-state index contributed by atoms with van der Waals surface area (Å²) in [6, 6.07) is 0. The molecule has 0 saturated heterocycles. The highest BCUT2D eigenvalue weighted by molar-refractivity contribution is 5.81. The van der Waals surface area contributed by atoms with E-state index < -0.39 is 0 Å². The second kappa shape index (κ2) is 3.95. The third-order valence-corrected chi connectivity index (χ3v) is 2.97. The van der Waals surface area contributed by atoms with Gasteiger partial charge < -0.3 is 5.32 Å². The molecule has 0 radical (unpaired) electrons. The smallest absolute Gasteiger partial charge is 0.216 e. The Morgan fingerprint density at radius 1 is 1.33 bits per heavy atom. The number of rotatable bonds is 2. The molecule has 1 amide bonds. The van der Waals surface area contributed by atoms with Gasteiger partial charge in [-0.15, -0.1) is 0 Å². The van der Waals surface area contributed by atoms with Crippen LogP contribution in [-0.2, 0) is 9.59 Å². The van der Waals surface area contributed by atoms with Crippen molar-refractivity contribution >= 4 is 11.7 Å². The Morgan fingerprint density at radius 3 is 2.40 bits per heavy atom. The number of Topliss-reactive ketones (excluding diaryl/α,β-unsaturated/α-hetero) is 1. The Hall–Kier alpha value is -0.860. The van der Waals surface area contributed by atoms with Gasteiger partial charge in [-0.25, -0.2) is 0 Å². The molecule has 0 aliphatic heterocycles. The maximum atomic E-state index is 11.6. The van der Waals surface area contributed by atoms with Crippen molar-refractivity contribution in [3.8, 4) is 0 Å². The third kappa shape index (κ3) is 3.65. The molecule has 1 atom stereocenters. The van der Waals surface area contributed by atoms with E-state index in [9.17, 15) is 9.59 Å². The molecule has 3 heteroatoms. The Kier molecular flexibility index (Phi) is 3.22. The predicted octanol–water partition coefficient (Wildman–Crippen LogP) is 1.91. The highest BCUT2D eigenvalue weighted by atomic mass is 16.1. The molecule has 1 unspecified atom stereocenters. The molecule has 3 nitrogen and oxygen atoms in total. The number of ketones is 1. The number of nitrogens with one attached hydrogen (secondary N) is 1. The van der Waals surface area contributed by atoms with Crippen LogP contribution in [-0.4, -0.2) is 18.2 Å². The average Bonchev–Trinajstić information content (AvgIpc) is 1.96. The van der Waals surface area contributed by atoms with Crippen LogP contribution in [0.3, 0.4) is 0 Å². The van der Waals surface area contributed by atoms with E-state index in [1.807, 2.05) is 0 Å². The van der Waals surface area contributed by atoms with Crippen molar-refractivity contribution in [2.24, 2.45) is 10.8 Å². The minimum Gasteiger partial charge on any atom is -0.356 e. The molecule has 0 heterocycles. The van der Waals surface area contributed by atoms with E-state index in [1.54, 1.807) is 0 Å². The van der Waals surface area contributed by atoms with Crippen molar-refractivity contribution in [1.82, 2.24) is 5.32 Å². The third-order valence-electron chi connectivity index (χ3n) is 2.97. The number of hydrogen-bond acceptors (Lipinski definition) is 2. The summed E-state index contributed by atoms with van der Waals surface area (Å²) < 4.78 is 0. The van der Waals surface area contributed by atoms with E-state index in [-0.39, 0.29) is 16.7 Å². The Balaban J connectivity index is 2.66. The van der Waals surface area contributed by atoms with Gasteiger partial charge in [0.2, 0.25) is 5.91 Å². The van der Waals surface area contributed by atoms with Gasteiger partial charge in [-0.3, -0.25) is 9.59 Å². The summed E-state index contributed by atoms with van der Waals surface area (Å²) >= 11 is 0. The lowest BCUT2D eigenvalue weighted by Crippen LogP contribution is -2.43. The molecular formula is C12H21NO2. The molecule has 1 fully saturated rings. The topological polar surface area (TPSA) is 46.2 Å². The van der Waals surface area contributed by atoms with E-state index in [0.29, 0.717) is 25.2 Å².